The number of hydrogen-bond donors (Lipinski definition) is 0. The first-order valence-electron chi connectivity index (χ1n) is 5.27. The van der Waals surface area contributed by atoms with Crippen molar-refractivity contribution in [1.82, 2.24) is 4.98 Å². The number of pyridine rings is 1. The van der Waals surface area contributed by atoms with Crippen molar-refractivity contribution in [2.45, 2.75) is 37.9 Å². The van der Waals surface area contributed by atoms with Gasteiger partial charge in [0.2, 0.25) is 0 Å². The monoisotopic (exact) mass is 239 g/mol. The van der Waals surface area contributed by atoms with Crippen molar-refractivity contribution in [3.8, 4) is 0 Å². The third kappa shape index (κ3) is 4.66. The number of carbonyl (C=O) groups excluding carboxylic acids is 1. The molecule has 1 heterocycles. The van der Waals surface area contributed by atoms with E-state index in [4.69, 9.17) is 4.74 Å². The summed E-state index contributed by atoms with van der Waals surface area (Å²) in [5, 5.41) is 0.289. The average Bonchev–Trinajstić information content (AvgIpc) is 2.26. The fraction of sp³-hybridized carbons (Fsp3) is 0.500. The van der Waals surface area contributed by atoms with Gasteiger partial charge in [-0.25, -0.2) is 0 Å². The molecule has 2 atom stereocenters. The lowest BCUT2D eigenvalue weighted by Crippen LogP contribution is -2.22. The molecule has 4 heteroatoms. The van der Waals surface area contributed by atoms with Crippen LogP contribution in [-0.4, -0.2) is 22.3 Å². The zero-order valence-corrected chi connectivity index (χ0v) is 10.7. The number of ether oxygens (including phenoxy) is 1. The van der Waals surface area contributed by atoms with E-state index in [1.54, 1.807) is 24.2 Å². The van der Waals surface area contributed by atoms with Gasteiger partial charge in [-0.3, -0.25) is 9.78 Å². The highest BCUT2D eigenvalue weighted by molar-refractivity contribution is 7.99. The number of carbonyl (C=O) groups is 1. The van der Waals surface area contributed by atoms with E-state index in [-0.39, 0.29) is 17.3 Å². The van der Waals surface area contributed by atoms with Gasteiger partial charge >= 0.3 is 5.97 Å². The molecule has 0 fully saturated rings. The maximum absolute atomic E-state index is 10.8. The van der Waals surface area contributed by atoms with E-state index in [0.717, 1.165) is 5.75 Å². The molecule has 0 amide bonds. The maximum atomic E-state index is 10.8. The van der Waals surface area contributed by atoms with Gasteiger partial charge in [0, 0.05) is 30.3 Å². The van der Waals surface area contributed by atoms with Gasteiger partial charge in [0.25, 0.3) is 0 Å². The first kappa shape index (κ1) is 13.0. The lowest BCUT2D eigenvalue weighted by molar-refractivity contribution is -0.145. The lowest BCUT2D eigenvalue weighted by atomic mass is 10.3. The number of esters is 1. The molecule has 0 aromatic carbocycles. The van der Waals surface area contributed by atoms with E-state index < -0.39 is 0 Å². The number of aromatic nitrogens is 1. The second-order valence-electron chi connectivity index (χ2n) is 3.69. The Hall–Kier alpha value is -1.03. The number of rotatable bonds is 5. The molecule has 88 valence electrons. The molecular formula is C12H17NO2S. The molecule has 3 nitrogen and oxygen atoms in total. The molecule has 1 rings (SSSR count). The van der Waals surface area contributed by atoms with Crippen LogP contribution in [0.1, 0.15) is 26.3 Å². The Morgan fingerprint density at radius 2 is 2.06 bits per heavy atom. The predicted molar refractivity (Wildman–Crippen MR) is 66.2 cm³/mol. The molecule has 16 heavy (non-hydrogen) atoms. The molecular weight excluding hydrogens is 222 g/mol. The highest BCUT2D eigenvalue weighted by Crippen LogP contribution is 2.21. The van der Waals surface area contributed by atoms with E-state index in [2.05, 4.69) is 11.9 Å². The average molecular weight is 239 g/mol. The van der Waals surface area contributed by atoms with Crippen LogP contribution < -0.4 is 0 Å². The maximum Gasteiger partial charge on any atom is 0.302 e. The van der Waals surface area contributed by atoms with Crippen molar-refractivity contribution in [3.63, 3.8) is 0 Å². The Kier molecular flexibility index (Phi) is 5.32. The Balaban J connectivity index is 2.35. The summed E-state index contributed by atoms with van der Waals surface area (Å²) in [7, 11) is 0. The molecule has 0 N–H and O–H groups in total. The van der Waals surface area contributed by atoms with Gasteiger partial charge in [0.05, 0.1) is 0 Å². The summed E-state index contributed by atoms with van der Waals surface area (Å²) in [5.74, 6) is 0.693. The fourth-order valence-corrected chi connectivity index (χ4v) is 2.17. The quantitative estimate of drug-likeness (QED) is 0.740. The van der Waals surface area contributed by atoms with Crippen LogP contribution in [0.15, 0.2) is 24.5 Å². The Morgan fingerprint density at radius 1 is 1.44 bits per heavy atom. The SMILES string of the molecule is CC(=O)OC(C)C(C)SCc1ccncc1. The summed E-state index contributed by atoms with van der Waals surface area (Å²) in [5.41, 5.74) is 1.24. The first-order valence-corrected chi connectivity index (χ1v) is 6.32. The summed E-state index contributed by atoms with van der Waals surface area (Å²) in [6.45, 7) is 5.43. The van der Waals surface area contributed by atoms with Crippen LogP contribution in [0, 0.1) is 0 Å². The molecule has 0 aliphatic rings. The molecule has 0 aliphatic carbocycles. The first-order chi connectivity index (χ1) is 7.59. The minimum absolute atomic E-state index is 0.0515. The largest absolute Gasteiger partial charge is 0.462 e. The number of hydrogen-bond acceptors (Lipinski definition) is 4. The summed E-state index contributed by atoms with van der Waals surface area (Å²) in [4.78, 5) is 14.8. The molecule has 0 saturated heterocycles. The Bertz CT molecular complexity index is 329. The zero-order chi connectivity index (χ0) is 12.0. The van der Waals surface area contributed by atoms with Gasteiger partial charge < -0.3 is 4.74 Å². The van der Waals surface area contributed by atoms with Crippen LogP contribution in [0.25, 0.3) is 0 Å². The van der Waals surface area contributed by atoms with Crippen molar-refractivity contribution >= 4 is 17.7 Å². The highest BCUT2D eigenvalue weighted by Gasteiger charge is 2.15. The molecule has 2 unspecified atom stereocenters. The zero-order valence-electron chi connectivity index (χ0n) is 9.84. The van der Waals surface area contributed by atoms with Crippen LogP contribution in [0.5, 0.6) is 0 Å². The topological polar surface area (TPSA) is 39.2 Å². The van der Waals surface area contributed by atoms with Crippen LogP contribution in [-0.2, 0) is 15.3 Å². The van der Waals surface area contributed by atoms with Crippen LogP contribution in [0.2, 0.25) is 0 Å². The minimum atomic E-state index is -0.219. The fourth-order valence-electron chi connectivity index (χ4n) is 1.20. The summed E-state index contributed by atoms with van der Waals surface area (Å²) < 4.78 is 5.13. The second-order valence-corrected chi connectivity index (χ2v) is 5.05. The van der Waals surface area contributed by atoms with E-state index in [9.17, 15) is 4.79 Å². The van der Waals surface area contributed by atoms with Crippen LogP contribution in [0.3, 0.4) is 0 Å². The third-order valence-corrected chi connectivity index (χ3v) is 3.68. The van der Waals surface area contributed by atoms with Gasteiger partial charge in [0.1, 0.15) is 6.10 Å². The van der Waals surface area contributed by atoms with E-state index >= 15 is 0 Å². The minimum Gasteiger partial charge on any atom is -0.462 e. The standard InChI is InChI=1S/C12H17NO2S/c1-9(15-11(3)14)10(2)16-8-12-4-6-13-7-5-12/h4-7,9-10H,8H2,1-3H3. The molecule has 0 bridgehead atoms. The Morgan fingerprint density at radius 3 is 2.62 bits per heavy atom. The van der Waals surface area contributed by atoms with Crippen molar-refractivity contribution in [1.29, 1.82) is 0 Å². The predicted octanol–water partition coefficient (Wildman–Crippen LogP) is 2.65. The van der Waals surface area contributed by atoms with E-state index in [1.807, 2.05) is 19.1 Å². The van der Waals surface area contributed by atoms with Gasteiger partial charge in [0.15, 0.2) is 0 Å². The Labute approximate surface area is 101 Å². The summed E-state index contributed by atoms with van der Waals surface area (Å²) in [6, 6.07) is 3.99. The summed E-state index contributed by atoms with van der Waals surface area (Å²) in [6.07, 6.45) is 3.52. The van der Waals surface area contributed by atoms with E-state index in [1.165, 1.54) is 12.5 Å². The molecule has 1 aromatic rings. The van der Waals surface area contributed by atoms with E-state index in [0.29, 0.717) is 0 Å². The molecule has 0 radical (unpaired) electrons. The van der Waals surface area contributed by atoms with Gasteiger partial charge in [-0.05, 0) is 31.5 Å². The van der Waals surface area contributed by atoms with Crippen molar-refractivity contribution in [2.24, 2.45) is 0 Å². The smallest absolute Gasteiger partial charge is 0.302 e. The normalized spacial score (nSPS) is 14.2. The molecule has 0 spiro atoms. The molecule has 0 aliphatic heterocycles. The van der Waals surface area contributed by atoms with Crippen molar-refractivity contribution < 1.29 is 9.53 Å². The third-order valence-electron chi connectivity index (χ3n) is 2.28. The second kappa shape index (κ2) is 6.53. The molecule has 0 saturated carbocycles. The van der Waals surface area contributed by atoms with Crippen molar-refractivity contribution in [2.75, 3.05) is 0 Å². The lowest BCUT2D eigenvalue weighted by Gasteiger charge is -2.19. The molecule has 1 aromatic heterocycles. The van der Waals surface area contributed by atoms with Crippen molar-refractivity contribution in [3.05, 3.63) is 30.1 Å². The van der Waals surface area contributed by atoms with Crippen LogP contribution in [0.4, 0.5) is 0 Å². The summed E-state index contributed by atoms with van der Waals surface area (Å²) >= 11 is 1.77. The van der Waals surface area contributed by atoms with Crippen LogP contribution >= 0.6 is 11.8 Å². The van der Waals surface area contributed by atoms with Gasteiger partial charge in [-0.2, -0.15) is 11.8 Å². The highest BCUT2D eigenvalue weighted by atomic mass is 32.2. The van der Waals surface area contributed by atoms with Gasteiger partial charge in [-0.15, -0.1) is 0 Å². The number of nitrogens with zero attached hydrogens (tertiary/aromatic N) is 1. The number of thioether (sulfide) groups is 1. The van der Waals surface area contributed by atoms with Gasteiger partial charge in [-0.1, -0.05) is 0 Å².